The Bertz CT molecular complexity index is 355. The lowest BCUT2D eigenvalue weighted by atomic mass is 9.93. The van der Waals surface area contributed by atoms with Crippen molar-refractivity contribution < 1.29 is 14.6 Å². The van der Waals surface area contributed by atoms with Gasteiger partial charge in [0, 0.05) is 6.04 Å². The Hall–Kier alpha value is -1.43. The summed E-state index contributed by atoms with van der Waals surface area (Å²) in [5, 5.41) is 18.4. The summed E-state index contributed by atoms with van der Waals surface area (Å²) in [7, 11) is 0. The minimum atomic E-state index is -0.381. The first kappa shape index (κ1) is 15.6. The normalized spacial score (nSPS) is 18.0. The molecule has 0 saturated heterocycles. The second-order valence-electron chi connectivity index (χ2n) is 5.55. The number of alkyl carbamates (subject to hydrolysis) is 1. The molecule has 1 saturated carbocycles. The number of aliphatic hydroxyl groups is 1. The third kappa shape index (κ3) is 6.91. The molecule has 0 bridgehead atoms. The lowest BCUT2D eigenvalue weighted by molar-refractivity contribution is 0.0480. The van der Waals surface area contributed by atoms with Crippen molar-refractivity contribution in [2.75, 3.05) is 13.2 Å². The molecule has 0 aromatic carbocycles. The number of nitrogens with zero attached hydrogens (tertiary/aromatic N) is 2. The molecule has 2 aliphatic rings. The van der Waals surface area contributed by atoms with Gasteiger partial charge in [-0.25, -0.2) is 4.79 Å². The summed E-state index contributed by atoms with van der Waals surface area (Å²) in [4.78, 5) is 11.1. The Kier molecular flexibility index (Phi) is 5.95. The summed E-state index contributed by atoms with van der Waals surface area (Å²) >= 11 is 0. The van der Waals surface area contributed by atoms with Crippen LogP contribution in [-0.2, 0) is 4.74 Å². The fourth-order valence-electron chi connectivity index (χ4n) is 1.44. The first-order valence-electron chi connectivity index (χ1n) is 6.57. The highest BCUT2D eigenvalue weighted by Crippen LogP contribution is 2.18. The highest BCUT2D eigenvalue weighted by atomic mass is 16.6. The van der Waals surface area contributed by atoms with Gasteiger partial charge in [-0.3, -0.25) is 0 Å². The predicted octanol–water partition coefficient (Wildman–Crippen LogP) is 2.39. The van der Waals surface area contributed by atoms with Crippen molar-refractivity contribution in [3.05, 3.63) is 11.8 Å². The van der Waals surface area contributed by atoms with Gasteiger partial charge >= 0.3 is 6.09 Å². The van der Waals surface area contributed by atoms with Crippen LogP contribution in [0.5, 0.6) is 0 Å². The summed E-state index contributed by atoms with van der Waals surface area (Å²) in [5.74, 6) is 0. The Morgan fingerprint density at radius 3 is 2.53 bits per heavy atom. The number of amides is 1. The predicted molar refractivity (Wildman–Crippen MR) is 71.9 cm³/mol. The molecule has 1 fully saturated rings. The van der Waals surface area contributed by atoms with Gasteiger partial charge in [0.15, 0.2) is 0 Å². The van der Waals surface area contributed by atoms with Crippen molar-refractivity contribution in [3.8, 4) is 0 Å². The molecule has 6 nitrogen and oxygen atoms in total. The van der Waals surface area contributed by atoms with Crippen molar-refractivity contribution >= 4 is 6.09 Å². The van der Waals surface area contributed by atoms with E-state index in [1.54, 1.807) is 6.08 Å². The van der Waals surface area contributed by atoms with E-state index in [9.17, 15) is 4.79 Å². The molecule has 19 heavy (non-hydrogen) atoms. The Morgan fingerprint density at radius 1 is 1.53 bits per heavy atom. The molecule has 0 aromatic rings. The summed E-state index contributed by atoms with van der Waals surface area (Å²) in [6.45, 7) is 6.26. The molecule has 1 aliphatic carbocycles. The van der Waals surface area contributed by atoms with Crippen molar-refractivity contribution in [2.45, 2.75) is 51.7 Å². The van der Waals surface area contributed by atoms with Crippen molar-refractivity contribution in [1.82, 2.24) is 5.32 Å². The summed E-state index contributed by atoms with van der Waals surface area (Å²) in [6.07, 6.45) is 4.92. The zero-order chi connectivity index (χ0) is 14.3. The standard InChI is InChI=1S/C9H17NO2.C4H6N2O/c1-9(2,3)12-8(11)10-7-5-4-6-7;7-3-4-1-2-5-6-4/h7H,4-6H2,1-3H3,(H,10,11);1,7H,2-3H2. The number of azo groups is 1. The summed E-state index contributed by atoms with van der Waals surface area (Å²) in [6, 6.07) is 0.361. The number of rotatable bonds is 2. The number of aliphatic hydroxyl groups excluding tert-OH is 1. The molecule has 2 N–H and O–H groups in total. The lowest BCUT2D eigenvalue weighted by Crippen LogP contribution is -2.42. The summed E-state index contributed by atoms with van der Waals surface area (Å²) in [5.41, 5.74) is 0.299. The van der Waals surface area contributed by atoms with Crippen LogP contribution in [0.25, 0.3) is 0 Å². The molecule has 1 heterocycles. The van der Waals surface area contributed by atoms with Crippen LogP contribution in [0.2, 0.25) is 0 Å². The fraction of sp³-hybridized carbons (Fsp3) is 0.769. The molecular weight excluding hydrogens is 246 g/mol. The number of hydrogen-bond acceptors (Lipinski definition) is 5. The van der Waals surface area contributed by atoms with Crippen LogP contribution in [0.15, 0.2) is 22.0 Å². The second kappa shape index (κ2) is 7.23. The minimum absolute atomic E-state index is 0.0174. The van der Waals surface area contributed by atoms with E-state index >= 15 is 0 Å². The van der Waals surface area contributed by atoms with Gasteiger partial charge in [-0.15, -0.1) is 0 Å². The maximum atomic E-state index is 11.1. The van der Waals surface area contributed by atoms with Crippen LogP contribution in [-0.4, -0.2) is 36.0 Å². The SMILES string of the molecule is CC(C)(C)OC(=O)NC1CCC1.OCC1=CCN=N1. The van der Waals surface area contributed by atoms with Crippen LogP contribution in [0.1, 0.15) is 40.0 Å². The molecule has 108 valence electrons. The van der Waals surface area contributed by atoms with Crippen molar-refractivity contribution in [2.24, 2.45) is 10.2 Å². The van der Waals surface area contributed by atoms with Gasteiger partial charge in [-0.05, 0) is 46.1 Å². The lowest BCUT2D eigenvalue weighted by Gasteiger charge is -2.28. The van der Waals surface area contributed by atoms with Gasteiger partial charge in [0.25, 0.3) is 0 Å². The van der Waals surface area contributed by atoms with Gasteiger partial charge in [0.05, 0.1) is 18.8 Å². The zero-order valence-corrected chi connectivity index (χ0v) is 11.8. The molecule has 0 spiro atoms. The molecule has 1 aliphatic heterocycles. The maximum absolute atomic E-state index is 11.1. The topological polar surface area (TPSA) is 83.3 Å². The highest BCUT2D eigenvalue weighted by molar-refractivity contribution is 5.68. The molecule has 6 heteroatoms. The van der Waals surface area contributed by atoms with E-state index in [2.05, 4.69) is 15.5 Å². The first-order chi connectivity index (χ1) is 8.90. The van der Waals surface area contributed by atoms with Gasteiger partial charge in [-0.1, -0.05) is 0 Å². The quantitative estimate of drug-likeness (QED) is 0.807. The average molecular weight is 269 g/mol. The van der Waals surface area contributed by atoms with Crippen LogP contribution in [0.4, 0.5) is 4.79 Å². The van der Waals surface area contributed by atoms with E-state index in [4.69, 9.17) is 9.84 Å². The number of hydrogen-bond donors (Lipinski definition) is 2. The van der Waals surface area contributed by atoms with E-state index in [1.807, 2.05) is 20.8 Å². The Balaban J connectivity index is 0.000000218. The number of carbonyl (C=O) groups is 1. The smallest absolute Gasteiger partial charge is 0.407 e. The Morgan fingerprint density at radius 2 is 2.21 bits per heavy atom. The molecule has 0 atom stereocenters. The van der Waals surface area contributed by atoms with E-state index in [0.29, 0.717) is 18.3 Å². The van der Waals surface area contributed by atoms with Crippen LogP contribution >= 0.6 is 0 Å². The molecule has 2 rings (SSSR count). The number of ether oxygens (including phenoxy) is 1. The van der Waals surface area contributed by atoms with Crippen molar-refractivity contribution in [1.29, 1.82) is 0 Å². The van der Waals surface area contributed by atoms with Gasteiger partial charge in [0.1, 0.15) is 5.60 Å². The van der Waals surface area contributed by atoms with Crippen LogP contribution in [0, 0.1) is 0 Å². The molecule has 0 unspecified atom stereocenters. The molecule has 0 aromatic heterocycles. The third-order valence-electron chi connectivity index (χ3n) is 2.60. The fourth-order valence-corrected chi connectivity index (χ4v) is 1.44. The van der Waals surface area contributed by atoms with E-state index in [-0.39, 0.29) is 18.3 Å². The number of carbonyl (C=O) groups excluding carboxylic acids is 1. The summed E-state index contributed by atoms with van der Waals surface area (Å²) < 4.78 is 5.09. The van der Waals surface area contributed by atoms with Crippen molar-refractivity contribution in [3.63, 3.8) is 0 Å². The maximum Gasteiger partial charge on any atom is 0.407 e. The van der Waals surface area contributed by atoms with Crippen LogP contribution in [0.3, 0.4) is 0 Å². The van der Waals surface area contributed by atoms with E-state index < -0.39 is 0 Å². The molecule has 1 amide bonds. The monoisotopic (exact) mass is 269 g/mol. The van der Waals surface area contributed by atoms with Crippen LogP contribution < -0.4 is 5.32 Å². The van der Waals surface area contributed by atoms with E-state index in [0.717, 1.165) is 12.8 Å². The van der Waals surface area contributed by atoms with Gasteiger partial charge in [0.2, 0.25) is 0 Å². The largest absolute Gasteiger partial charge is 0.444 e. The third-order valence-corrected chi connectivity index (χ3v) is 2.60. The average Bonchev–Trinajstić information content (AvgIpc) is 2.74. The van der Waals surface area contributed by atoms with Gasteiger partial charge < -0.3 is 15.2 Å². The molecule has 0 radical (unpaired) electrons. The van der Waals surface area contributed by atoms with Gasteiger partial charge in [-0.2, -0.15) is 10.2 Å². The number of nitrogens with one attached hydrogen (secondary N) is 1. The zero-order valence-electron chi connectivity index (χ0n) is 11.8. The first-order valence-corrected chi connectivity index (χ1v) is 6.57. The Labute approximate surface area is 113 Å². The van der Waals surface area contributed by atoms with E-state index in [1.165, 1.54) is 6.42 Å². The highest BCUT2D eigenvalue weighted by Gasteiger charge is 2.22. The molecular formula is C13H23N3O3. The minimum Gasteiger partial charge on any atom is -0.444 e. The second-order valence-corrected chi connectivity index (χ2v) is 5.55.